The molecule has 0 saturated heterocycles. The maximum atomic E-state index is 13.9. The average molecular weight is 483 g/mol. The van der Waals surface area contributed by atoms with Crippen LogP contribution in [0.1, 0.15) is 53.1 Å². The molecule has 4 rings (SSSR count). The summed E-state index contributed by atoms with van der Waals surface area (Å²) in [4.78, 5) is 12.7. The standard InChI is InChI=1S/C22H19Cl2F3N4O/c1-12(13-5-3-2-4-6-13)28-21(32)18-11-20-29-17(14-7-8-15(23)16(24)9-14)10-19(22(25,26)27)31(20)30-18/h2-9,11-12,17,19,29H,10H2,1H3,(H,28,32)/t12-,17+,19-/m1/s1. The molecule has 3 aromatic rings. The first kappa shape index (κ1) is 22.5. The first-order chi connectivity index (χ1) is 15.1. The Morgan fingerprint density at radius 3 is 2.53 bits per heavy atom. The van der Waals surface area contributed by atoms with Gasteiger partial charge in [0.2, 0.25) is 0 Å². The van der Waals surface area contributed by atoms with Crippen molar-refractivity contribution in [3.05, 3.63) is 81.5 Å². The summed E-state index contributed by atoms with van der Waals surface area (Å²) in [6, 6.07) is 12.4. The van der Waals surface area contributed by atoms with Crippen molar-refractivity contribution < 1.29 is 18.0 Å². The number of rotatable bonds is 4. The quantitative estimate of drug-likeness (QED) is 0.455. The molecule has 0 spiro atoms. The van der Waals surface area contributed by atoms with E-state index in [2.05, 4.69) is 15.7 Å². The Hall–Kier alpha value is -2.71. The highest BCUT2D eigenvalue weighted by Crippen LogP contribution is 2.44. The van der Waals surface area contributed by atoms with Gasteiger partial charge in [0, 0.05) is 12.5 Å². The highest BCUT2D eigenvalue weighted by Gasteiger charge is 2.46. The van der Waals surface area contributed by atoms with Crippen LogP contribution in [0.25, 0.3) is 0 Å². The van der Waals surface area contributed by atoms with Gasteiger partial charge in [0.1, 0.15) is 5.82 Å². The van der Waals surface area contributed by atoms with Gasteiger partial charge >= 0.3 is 6.18 Å². The molecule has 0 bridgehead atoms. The number of fused-ring (bicyclic) bond motifs is 1. The SMILES string of the molecule is C[C@@H](NC(=O)c1cc2n(n1)[C@@H](C(F)(F)F)C[C@@H](c1ccc(Cl)c(Cl)c1)N2)c1ccccc1. The van der Waals surface area contributed by atoms with E-state index in [0.717, 1.165) is 10.2 Å². The summed E-state index contributed by atoms with van der Waals surface area (Å²) in [6.45, 7) is 1.79. The van der Waals surface area contributed by atoms with Gasteiger partial charge in [-0.2, -0.15) is 18.3 Å². The van der Waals surface area contributed by atoms with Gasteiger partial charge in [-0.05, 0) is 30.2 Å². The molecule has 3 atom stereocenters. The second-order valence-electron chi connectivity index (χ2n) is 7.63. The number of alkyl halides is 3. The number of carbonyl (C=O) groups excluding carboxylic acids is 1. The molecule has 0 aliphatic carbocycles. The number of benzene rings is 2. The van der Waals surface area contributed by atoms with Crippen molar-refractivity contribution in [3.63, 3.8) is 0 Å². The number of nitrogens with one attached hydrogen (secondary N) is 2. The lowest BCUT2D eigenvalue weighted by molar-refractivity contribution is -0.173. The Balaban J connectivity index is 1.61. The molecule has 10 heteroatoms. The third-order valence-electron chi connectivity index (χ3n) is 5.42. The van der Waals surface area contributed by atoms with Crippen molar-refractivity contribution >= 4 is 34.9 Å². The number of aromatic nitrogens is 2. The zero-order chi connectivity index (χ0) is 23.0. The molecule has 1 amide bonds. The van der Waals surface area contributed by atoms with Crippen molar-refractivity contribution in [3.8, 4) is 0 Å². The van der Waals surface area contributed by atoms with Crippen LogP contribution in [0.4, 0.5) is 19.0 Å². The molecular weight excluding hydrogens is 464 g/mol. The Morgan fingerprint density at radius 1 is 1.16 bits per heavy atom. The molecule has 5 nitrogen and oxygen atoms in total. The summed E-state index contributed by atoms with van der Waals surface area (Å²) in [5, 5.41) is 10.4. The van der Waals surface area contributed by atoms with Gasteiger partial charge in [-0.15, -0.1) is 0 Å². The normalized spacial score (nSPS) is 19.1. The van der Waals surface area contributed by atoms with Gasteiger partial charge in [0.25, 0.3) is 5.91 Å². The van der Waals surface area contributed by atoms with Crippen LogP contribution in [0, 0.1) is 0 Å². The predicted molar refractivity (Wildman–Crippen MR) is 117 cm³/mol. The Morgan fingerprint density at radius 2 is 1.88 bits per heavy atom. The van der Waals surface area contributed by atoms with Crippen LogP contribution in [0.2, 0.25) is 10.0 Å². The molecule has 0 fully saturated rings. The van der Waals surface area contributed by atoms with E-state index >= 15 is 0 Å². The van der Waals surface area contributed by atoms with Crippen molar-refractivity contribution in [1.82, 2.24) is 15.1 Å². The van der Waals surface area contributed by atoms with E-state index < -0.39 is 24.2 Å². The largest absolute Gasteiger partial charge is 0.410 e. The first-order valence-corrected chi connectivity index (χ1v) is 10.6. The zero-order valence-electron chi connectivity index (χ0n) is 16.8. The van der Waals surface area contributed by atoms with Gasteiger partial charge in [-0.25, -0.2) is 4.68 Å². The van der Waals surface area contributed by atoms with Gasteiger partial charge in [0.15, 0.2) is 11.7 Å². The summed E-state index contributed by atoms with van der Waals surface area (Å²) < 4.78 is 42.4. The molecule has 1 aliphatic heterocycles. The summed E-state index contributed by atoms with van der Waals surface area (Å²) in [5.74, 6) is -0.454. The number of nitrogens with zero attached hydrogens (tertiary/aromatic N) is 2. The zero-order valence-corrected chi connectivity index (χ0v) is 18.3. The van der Waals surface area contributed by atoms with E-state index in [1.807, 2.05) is 30.3 Å². The van der Waals surface area contributed by atoms with Crippen molar-refractivity contribution in [2.45, 2.75) is 37.6 Å². The van der Waals surface area contributed by atoms with E-state index in [1.165, 1.54) is 12.1 Å². The van der Waals surface area contributed by atoms with E-state index in [-0.39, 0.29) is 29.0 Å². The van der Waals surface area contributed by atoms with Gasteiger partial charge < -0.3 is 10.6 Å². The second kappa shape index (κ2) is 8.67. The Kier molecular flexibility index (Phi) is 6.09. The van der Waals surface area contributed by atoms with E-state index in [9.17, 15) is 18.0 Å². The third-order valence-corrected chi connectivity index (χ3v) is 6.15. The highest BCUT2D eigenvalue weighted by molar-refractivity contribution is 6.42. The maximum Gasteiger partial charge on any atom is 0.410 e. The van der Waals surface area contributed by atoms with Gasteiger partial charge in [0.05, 0.1) is 22.1 Å². The average Bonchev–Trinajstić information content (AvgIpc) is 3.19. The van der Waals surface area contributed by atoms with E-state index in [1.54, 1.807) is 19.1 Å². The third kappa shape index (κ3) is 4.56. The topological polar surface area (TPSA) is 59.0 Å². The molecule has 0 radical (unpaired) electrons. The second-order valence-corrected chi connectivity index (χ2v) is 8.44. The van der Waals surface area contributed by atoms with Crippen LogP contribution in [0.5, 0.6) is 0 Å². The van der Waals surface area contributed by atoms with Crippen LogP contribution >= 0.6 is 23.2 Å². The molecule has 1 aromatic heterocycles. The van der Waals surface area contributed by atoms with Crippen LogP contribution < -0.4 is 10.6 Å². The molecule has 0 unspecified atom stereocenters. The predicted octanol–water partition coefficient (Wildman–Crippen LogP) is 6.34. The number of anilines is 1. The lowest BCUT2D eigenvalue weighted by Gasteiger charge is -2.33. The molecule has 0 saturated carbocycles. The fraction of sp³-hybridized carbons (Fsp3) is 0.273. The fourth-order valence-electron chi connectivity index (χ4n) is 3.73. The molecule has 32 heavy (non-hydrogen) atoms. The first-order valence-electron chi connectivity index (χ1n) is 9.87. The van der Waals surface area contributed by atoms with Crippen LogP contribution in [-0.2, 0) is 0 Å². The molecule has 2 heterocycles. The Bertz CT molecular complexity index is 1130. The minimum Gasteiger partial charge on any atom is -0.363 e. The lowest BCUT2D eigenvalue weighted by atomic mass is 9.97. The molecule has 2 N–H and O–H groups in total. The van der Waals surface area contributed by atoms with Crippen LogP contribution in [0.3, 0.4) is 0 Å². The number of halogens is 5. The number of hydrogen-bond acceptors (Lipinski definition) is 3. The minimum absolute atomic E-state index is 0.0979. The number of carbonyl (C=O) groups is 1. The smallest absolute Gasteiger partial charge is 0.363 e. The number of amides is 1. The Labute approximate surface area is 192 Å². The van der Waals surface area contributed by atoms with Crippen LogP contribution in [-0.4, -0.2) is 21.9 Å². The van der Waals surface area contributed by atoms with Gasteiger partial charge in [-0.1, -0.05) is 59.6 Å². The molecular formula is C22H19Cl2F3N4O. The van der Waals surface area contributed by atoms with E-state index in [0.29, 0.717) is 10.6 Å². The molecule has 168 valence electrons. The maximum absolute atomic E-state index is 13.9. The monoisotopic (exact) mass is 482 g/mol. The summed E-state index contributed by atoms with van der Waals surface area (Å²) in [5.41, 5.74) is 1.33. The fourth-order valence-corrected chi connectivity index (χ4v) is 4.03. The molecule has 1 aliphatic rings. The number of hydrogen-bond donors (Lipinski definition) is 2. The summed E-state index contributed by atoms with van der Waals surface area (Å²) in [7, 11) is 0. The highest BCUT2D eigenvalue weighted by atomic mass is 35.5. The van der Waals surface area contributed by atoms with Crippen molar-refractivity contribution in [2.24, 2.45) is 0 Å². The van der Waals surface area contributed by atoms with Gasteiger partial charge in [-0.3, -0.25) is 4.79 Å². The van der Waals surface area contributed by atoms with Crippen molar-refractivity contribution in [1.29, 1.82) is 0 Å². The van der Waals surface area contributed by atoms with Crippen molar-refractivity contribution in [2.75, 3.05) is 5.32 Å². The molecule has 2 aromatic carbocycles. The van der Waals surface area contributed by atoms with E-state index in [4.69, 9.17) is 23.2 Å². The summed E-state index contributed by atoms with van der Waals surface area (Å²) in [6.07, 6.45) is -4.86. The minimum atomic E-state index is -4.55. The van der Waals surface area contributed by atoms with Crippen LogP contribution in [0.15, 0.2) is 54.6 Å². The summed E-state index contributed by atoms with van der Waals surface area (Å²) >= 11 is 12.0. The lowest BCUT2D eigenvalue weighted by Crippen LogP contribution is -2.36.